The summed E-state index contributed by atoms with van der Waals surface area (Å²) in [6.07, 6.45) is -4.71. The molecule has 3 N–H and O–H groups in total. The predicted octanol–water partition coefficient (Wildman–Crippen LogP) is 2.15. The molecule has 4 rings (SSSR count). The fourth-order valence-electron chi connectivity index (χ4n) is 7.32. The third-order valence-corrected chi connectivity index (χ3v) is 9.65. The molecule has 1 saturated heterocycles. The molecular formula is C32H42O11. The molecule has 0 amide bonds. The first kappa shape index (κ1) is 32.8. The summed E-state index contributed by atoms with van der Waals surface area (Å²) < 4.78 is 22.8. The maximum Gasteiger partial charge on any atom is 0.338 e. The number of ether oxygens (including phenoxy) is 4. The van der Waals surface area contributed by atoms with E-state index in [1.165, 1.54) is 20.8 Å². The molecule has 0 aromatic heterocycles. The van der Waals surface area contributed by atoms with Crippen molar-refractivity contribution in [2.75, 3.05) is 19.8 Å². The molecule has 0 bridgehead atoms. The second kappa shape index (κ2) is 12.9. The molecule has 1 heterocycles. The smallest absolute Gasteiger partial charge is 0.338 e. The zero-order valence-corrected chi connectivity index (χ0v) is 25.3. The van der Waals surface area contributed by atoms with E-state index in [0.29, 0.717) is 24.0 Å². The molecule has 1 aromatic carbocycles. The van der Waals surface area contributed by atoms with Gasteiger partial charge in [-0.1, -0.05) is 25.1 Å². The molecule has 0 radical (unpaired) electrons. The van der Waals surface area contributed by atoms with Gasteiger partial charge in [0.05, 0.1) is 47.9 Å². The molecule has 0 spiro atoms. The number of hydrogen-bond acceptors (Lipinski definition) is 11. The van der Waals surface area contributed by atoms with Crippen molar-refractivity contribution in [3.05, 3.63) is 47.0 Å². The molecular weight excluding hydrogens is 560 g/mol. The van der Waals surface area contributed by atoms with Gasteiger partial charge in [-0.2, -0.15) is 0 Å². The average Bonchev–Trinajstić information content (AvgIpc) is 2.96. The van der Waals surface area contributed by atoms with E-state index in [2.05, 4.69) is 0 Å². The Morgan fingerprint density at radius 1 is 1.05 bits per heavy atom. The highest BCUT2D eigenvalue weighted by atomic mass is 16.6. The van der Waals surface area contributed by atoms with Gasteiger partial charge in [-0.15, -0.1) is 0 Å². The van der Waals surface area contributed by atoms with Gasteiger partial charge in [0.15, 0.2) is 11.9 Å². The normalized spacial score (nSPS) is 33.3. The molecule has 9 atom stereocenters. The minimum Gasteiger partial charge on any atom is -0.465 e. The maximum atomic E-state index is 14.9. The van der Waals surface area contributed by atoms with E-state index >= 15 is 0 Å². The topological polar surface area (TPSA) is 166 Å². The van der Waals surface area contributed by atoms with Gasteiger partial charge in [-0.05, 0) is 55.9 Å². The summed E-state index contributed by atoms with van der Waals surface area (Å²) in [6.45, 7) is 6.54. The van der Waals surface area contributed by atoms with Crippen LogP contribution in [0.15, 0.2) is 41.5 Å². The van der Waals surface area contributed by atoms with E-state index in [1.54, 1.807) is 37.3 Å². The highest BCUT2D eigenvalue weighted by molar-refractivity contribution is 5.94. The maximum absolute atomic E-state index is 14.9. The van der Waals surface area contributed by atoms with Gasteiger partial charge < -0.3 is 34.3 Å². The molecule has 11 nitrogen and oxygen atoms in total. The van der Waals surface area contributed by atoms with Crippen LogP contribution in [0.2, 0.25) is 0 Å². The van der Waals surface area contributed by atoms with Crippen LogP contribution in [0.5, 0.6) is 0 Å². The molecule has 2 aliphatic carbocycles. The number of hydrogen-bond donors (Lipinski definition) is 3. The number of carbonyl (C=O) groups is 4. The molecule has 5 unspecified atom stereocenters. The first-order valence-electron chi connectivity index (χ1n) is 14.7. The van der Waals surface area contributed by atoms with Crippen molar-refractivity contribution >= 4 is 23.7 Å². The third kappa shape index (κ3) is 6.00. The number of esters is 3. The van der Waals surface area contributed by atoms with Gasteiger partial charge in [-0.3, -0.25) is 14.4 Å². The van der Waals surface area contributed by atoms with E-state index in [-0.39, 0.29) is 31.1 Å². The lowest BCUT2D eigenvalue weighted by Gasteiger charge is -2.64. The van der Waals surface area contributed by atoms with Crippen molar-refractivity contribution in [2.45, 2.75) is 84.4 Å². The fourth-order valence-corrected chi connectivity index (χ4v) is 7.32. The van der Waals surface area contributed by atoms with Crippen molar-refractivity contribution in [1.29, 1.82) is 0 Å². The number of aliphatic hydroxyl groups excluding tert-OH is 3. The van der Waals surface area contributed by atoms with E-state index in [4.69, 9.17) is 18.9 Å². The first-order valence-corrected chi connectivity index (χ1v) is 14.7. The van der Waals surface area contributed by atoms with Crippen LogP contribution in [-0.2, 0) is 33.3 Å². The Labute approximate surface area is 251 Å². The number of aliphatic hydroxyl groups is 3. The number of ketones is 1. The summed E-state index contributed by atoms with van der Waals surface area (Å²) in [5.74, 6) is -4.09. The molecule has 1 aliphatic heterocycles. The standard InChI is InChI=1S/C32H42O11/c1-17-11-12-22(36)18(2)26(17)27(42-20(4)35)29(38)31(5)24(37)13-25-32(16-41-25,15-40-19(3)34)28(31)23(14-33)43-30(39)21-9-7-6-8-10-21/h6-10,17,22-25,27-28,33,36-37H,11-16H2,1-5H3/t17?,22-,23+,24-,25?,27?,28-,31?,32?/m0/s1. The van der Waals surface area contributed by atoms with Crippen molar-refractivity contribution in [3.8, 4) is 0 Å². The number of rotatable bonds is 10. The van der Waals surface area contributed by atoms with E-state index in [9.17, 15) is 34.5 Å². The molecule has 1 aromatic rings. The highest BCUT2D eigenvalue weighted by Crippen LogP contribution is 2.60. The molecule has 1 saturated carbocycles. The van der Waals surface area contributed by atoms with Crippen LogP contribution in [0.1, 0.15) is 64.2 Å². The van der Waals surface area contributed by atoms with Gasteiger partial charge in [-0.25, -0.2) is 4.79 Å². The lowest BCUT2D eigenvalue weighted by molar-refractivity contribution is -0.308. The number of Topliss-reactive ketones (excluding diaryl/α,β-unsaturated/α-hetero) is 1. The van der Waals surface area contributed by atoms with Crippen LogP contribution in [0.25, 0.3) is 0 Å². The monoisotopic (exact) mass is 602 g/mol. The van der Waals surface area contributed by atoms with Crippen LogP contribution >= 0.6 is 0 Å². The quantitative estimate of drug-likeness (QED) is 0.204. The largest absolute Gasteiger partial charge is 0.465 e. The van der Waals surface area contributed by atoms with Gasteiger partial charge >= 0.3 is 17.9 Å². The number of carbonyl (C=O) groups excluding carboxylic acids is 4. The van der Waals surface area contributed by atoms with Crippen LogP contribution in [0.3, 0.4) is 0 Å². The summed E-state index contributed by atoms with van der Waals surface area (Å²) in [4.78, 5) is 52.5. The van der Waals surface area contributed by atoms with Crippen LogP contribution in [-0.4, -0.2) is 89.4 Å². The van der Waals surface area contributed by atoms with Crippen molar-refractivity contribution < 1.29 is 53.4 Å². The average molecular weight is 603 g/mol. The van der Waals surface area contributed by atoms with E-state index < -0.39 is 77.6 Å². The van der Waals surface area contributed by atoms with Crippen LogP contribution < -0.4 is 0 Å². The summed E-state index contributed by atoms with van der Waals surface area (Å²) in [5, 5.41) is 33.1. The van der Waals surface area contributed by atoms with Gasteiger partial charge in [0.25, 0.3) is 0 Å². The Morgan fingerprint density at radius 2 is 1.72 bits per heavy atom. The SMILES string of the molecule is CC(=O)OCC12COC1C[C@H](O)C(C)(C(=O)C(OC(C)=O)C1=C(C)[C@@H](O)CCC1C)[C@@H]2[C@@H](CO)OC(=O)c1ccccc1. The Morgan fingerprint density at radius 3 is 2.28 bits per heavy atom. The third-order valence-electron chi connectivity index (χ3n) is 9.65. The molecule has 11 heteroatoms. The summed E-state index contributed by atoms with van der Waals surface area (Å²) >= 11 is 0. The zero-order valence-electron chi connectivity index (χ0n) is 25.3. The molecule has 236 valence electrons. The lowest BCUT2D eigenvalue weighted by Crippen LogP contribution is -2.74. The Kier molecular flexibility index (Phi) is 9.80. The van der Waals surface area contributed by atoms with Gasteiger partial charge in [0.2, 0.25) is 0 Å². The summed E-state index contributed by atoms with van der Waals surface area (Å²) in [5.41, 5.74) is -1.74. The van der Waals surface area contributed by atoms with E-state index in [1.807, 2.05) is 6.92 Å². The summed E-state index contributed by atoms with van der Waals surface area (Å²) in [6, 6.07) is 8.12. The van der Waals surface area contributed by atoms with E-state index in [0.717, 1.165) is 0 Å². The predicted molar refractivity (Wildman–Crippen MR) is 151 cm³/mol. The second-order valence-corrected chi connectivity index (χ2v) is 12.3. The highest BCUT2D eigenvalue weighted by Gasteiger charge is 2.71. The lowest BCUT2D eigenvalue weighted by atomic mass is 9.47. The molecule has 3 aliphatic rings. The molecule has 2 fully saturated rings. The van der Waals surface area contributed by atoms with Crippen LogP contribution in [0, 0.1) is 22.7 Å². The molecule has 43 heavy (non-hydrogen) atoms. The van der Waals surface area contributed by atoms with Gasteiger partial charge in [0.1, 0.15) is 12.7 Å². The minimum absolute atomic E-state index is 0.000333. The Balaban J connectivity index is 1.87. The first-order chi connectivity index (χ1) is 20.3. The summed E-state index contributed by atoms with van der Waals surface area (Å²) in [7, 11) is 0. The zero-order chi connectivity index (χ0) is 31.7. The Hall–Kier alpha value is -3.12. The Bertz CT molecular complexity index is 1260. The van der Waals surface area contributed by atoms with Crippen molar-refractivity contribution in [2.24, 2.45) is 22.7 Å². The van der Waals surface area contributed by atoms with Crippen molar-refractivity contribution in [3.63, 3.8) is 0 Å². The van der Waals surface area contributed by atoms with Gasteiger partial charge in [0, 0.05) is 26.2 Å². The number of benzene rings is 1. The van der Waals surface area contributed by atoms with Crippen molar-refractivity contribution in [1.82, 2.24) is 0 Å². The fraction of sp³-hybridized carbons (Fsp3) is 0.625. The number of fused-ring (bicyclic) bond motifs is 1. The minimum atomic E-state index is -1.79. The second-order valence-electron chi connectivity index (χ2n) is 12.3. The van der Waals surface area contributed by atoms with Crippen LogP contribution in [0.4, 0.5) is 0 Å².